The molecule has 0 bridgehead atoms. The molecule has 2 aromatic heterocycles. The number of rotatable bonds is 5. The summed E-state index contributed by atoms with van der Waals surface area (Å²) in [6.45, 7) is 2.11. The number of imidazole rings is 1. The number of aryl methyl sites for hydroxylation is 1. The molecule has 4 aromatic rings. The van der Waals surface area contributed by atoms with E-state index in [2.05, 4.69) is 4.98 Å². The fraction of sp³-hybridized carbons (Fsp3) is 0.192. The van der Waals surface area contributed by atoms with Crippen LogP contribution in [0.5, 0.6) is 11.5 Å². The third-order valence-corrected chi connectivity index (χ3v) is 6.00. The van der Waals surface area contributed by atoms with E-state index < -0.39 is 29.0 Å². The number of carbonyl (C=O) groups excluding carboxylic acids is 1. The van der Waals surface area contributed by atoms with E-state index in [-0.39, 0.29) is 17.7 Å². The van der Waals surface area contributed by atoms with E-state index in [9.17, 15) is 18.4 Å². The summed E-state index contributed by atoms with van der Waals surface area (Å²) in [5.74, 6) is -1.10. The lowest BCUT2D eigenvalue weighted by molar-refractivity contribution is 0.103. The molecule has 0 fully saturated rings. The van der Waals surface area contributed by atoms with Crippen LogP contribution in [0.25, 0.3) is 5.69 Å². The largest absolute Gasteiger partial charge is 0.495 e. The molecule has 5 rings (SSSR count). The molecule has 0 aliphatic carbocycles. The van der Waals surface area contributed by atoms with E-state index in [4.69, 9.17) is 9.47 Å². The van der Waals surface area contributed by atoms with E-state index in [1.54, 1.807) is 29.2 Å². The van der Waals surface area contributed by atoms with Gasteiger partial charge in [0.25, 0.3) is 5.56 Å². The van der Waals surface area contributed by atoms with Crippen LogP contribution in [0.2, 0.25) is 0 Å². The van der Waals surface area contributed by atoms with Gasteiger partial charge < -0.3 is 18.6 Å². The normalized spacial score (nSPS) is 14.8. The summed E-state index contributed by atoms with van der Waals surface area (Å²) in [7, 11) is 1.47. The van der Waals surface area contributed by atoms with E-state index in [1.165, 1.54) is 31.4 Å². The highest BCUT2D eigenvalue weighted by molar-refractivity contribution is 6.09. The molecule has 9 heteroatoms. The number of fused-ring (bicyclic) bond motifs is 1. The van der Waals surface area contributed by atoms with Gasteiger partial charge in [-0.25, -0.2) is 13.8 Å². The molecule has 0 N–H and O–H groups in total. The third-order valence-electron chi connectivity index (χ3n) is 6.00. The minimum absolute atomic E-state index is 0.162. The van der Waals surface area contributed by atoms with Crippen molar-refractivity contribution < 1.29 is 23.0 Å². The van der Waals surface area contributed by atoms with E-state index in [0.717, 1.165) is 22.5 Å². The Balaban J connectivity index is 1.57. The predicted octanol–water partition coefficient (Wildman–Crippen LogP) is 4.23. The standard InChI is InChI=1S/C26H21F2N3O4/c1-15-12-30(14-29-15)22-5-3-16(9-24(22)34-2)25(32)20-11-18(28)13-31(26(20)33)21-7-8-35-23-6-4-17(27)10-19(21)23/h3-6,9-14,21H,7-8H2,1-2H3. The van der Waals surface area contributed by atoms with Gasteiger partial charge in [0.2, 0.25) is 0 Å². The SMILES string of the molecule is COc1cc(C(=O)c2cc(F)cn(C3CCOc4ccc(F)cc43)c2=O)ccc1-n1cnc(C)c1. The molecule has 1 unspecified atom stereocenters. The molecular formula is C26H21F2N3O4. The van der Waals surface area contributed by atoms with Crippen LogP contribution in [0.1, 0.15) is 39.6 Å². The monoisotopic (exact) mass is 477 g/mol. The second-order valence-electron chi connectivity index (χ2n) is 8.26. The van der Waals surface area contributed by atoms with Crippen molar-refractivity contribution in [3.63, 3.8) is 0 Å². The van der Waals surface area contributed by atoms with Crippen LogP contribution in [-0.4, -0.2) is 33.6 Å². The Bertz CT molecular complexity index is 1510. The maximum atomic E-state index is 14.7. The Morgan fingerprint density at radius 3 is 2.69 bits per heavy atom. The van der Waals surface area contributed by atoms with Crippen molar-refractivity contribution in [2.45, 2.75) is 19.4 Å². The van der Waals surface area contributed by atoms with Crippen LogP contribution in [0, 0.1) is 18.6 Å². The number of pyridine rings is 1. The van der Waals surface area contributed by atoms with Gasteiger partial charge in [0.15, 0.2) is 5.78 Å². The summed E-state index contributed by atoms with van der Waals surface area (Å²) in [5, 5.41) is 0. The van der Waals surface area contributed by atoms with Gasteiger partial charge in [0, 0.05) is 29.9 Å². The van der Waals surface area contributed by atoms with Gasteiger partial charge in [0.05, 0.1) is 43.0 Å². The summed E-state index contributed by atoms with van der Waals surface area (Å²) < 4.78 is 42.5. The van der Waals surface area contributed by atoms with Crippen LogP contribution < -0.4 is 15.0 Å². The fourth-order valence-corrected chi connectivity index (χ4v) is 4.34. The lowest BCUT2D eigenvalue weighted by Crippen LogP contribution is -2.33. The average molecular weight is 477 g/mol. The molecule has 0 amide bonds. The quantitative estimate of drug-likeness (QED) is 0.402. The lowest BCUT2D eigenvalue weighted by Gasteiger charge is -2.27. The molecule has 2 aromatic carbocycles. The van der Waals surface area contributed by atoms with E-state index >= 15 is 0 Å². The van der Waals surface area contributed by atoms with E-state index in [1.807, 2.05) is 6.92 Å². The summed E-state index contributed by atoms with van der Waals surface area (Å²) in [5.41, 5.74) is 1.04. The number of ether oxygens (including phenoxy) is 2. The highest BCUT2D eigenvalue weighted by Crippen LogP contribution is 2.35. The minimum Gasteiger partial charge on any atom is -0.495 e. The van der Waals surface area contributed by atoms with Gasteiger partial charge in [0.1, 0.15) is 23.1 Å². The third kappa shape index (κ3) is 4.09. The van der Waals surface area contributed by atoms with Crippen molar-refractivity contribution in [2.24, 2.45) is 0 Å². The molecule has 178 valence electrons. The second-order valence-corrected chi connectivity index (χ2v) is 8.26. The molecule has 3 heterocycles. The first-order chi connectivity index (χ1) is 16.9. The maximum absolute atomic E-state index is 14.7. The Kier molecular flexibility index (Phi) is 5.68. The smallest absolute Gasteiger partial charge is 0.262 e. The molecule has 1 aliphatic rings. The number of halogens is 2. The van der Waals surface area contributed by atoms with Crippen molar-refractivity contribution >= 4 is 5.78 Å². The maximum Gasteiger partial charge on any atom is 0.262 e. The minimum atomic E-state index is -0.755. The molecule has 1 atom stereocenters. The highest BCUT2D eigenvalue weighted by atomic mass is 19.1. The van der Waals surface area contributed by atoms with Gasteiger partial charge in [-0.1, -0.05) is 0 Å². The fourth-order valence-electron chi connectivity index (χ4n) is 4.34. The van der Waals surface area contributed by atoms with Gasteiger partial charge in [-0.2, -0.15) is 0 Å². The molecule has 35 heavy (non-hydrogen) atoms. The first kappa shape index (κ1) is 22.5. The highest BCUT2D eigenvalue weighted by Gasteiger charge is 2.27. The zero-order chi connectivity index (χ0) is 24.7. The van der Waals surface area contributed by atoms with Crippen LogP contribution in [0.3, 0.4) is 0 Å². The molecule has 7 nitrogen and oxygen atoms in total. The molecule has 0 radical (unpaired) electrons. The Morgan fingerprint density at radius 1 is 1.11 bits per heavy atom. The van der Waals surface area contributed by atoms with Crippen molar-refractivity contribution in [3.05, 3.63) is 106 Å². The zero-order valence-electron chi connectivity index (χ0n) is 19.0. The number of benzene rings is 2. The van der Waals surface area contributed by atoms with Gasteiger partial charge in [-0.3, -0.25) is 9.59 Å². The van der Waals surface area contributed by atoms with Crippen molar-refractivity contribution in [1.29, 1.82) is 0 Å². The first-order valence-electron chi connectivity index (χ1n) is 10.9. The van der Waals surface area contributed by atoms with Crippen LogP contribution in [-0.2, 0) is 0 Å². The van der Waals surface area contributed by atoms with Gasteiger partial charge in [-0.05, 0) is 49.4 Å². The van der Waals surface area contributed by atoms with Gasteiger partial charge >= 0.3 is 0 Å². The number of aromatic nitrogens is 3. The topological polar surface area (TPSA) is 75.3 Å². The zero-order valence-corrected chi connectivity index (χ0v) is 19.0. The van der Waals surface area contributed by atoms with Crippen molar-refractivity contribution in [2.75, 3.05) is 13.7 Å². The van der Waals surface area contributed by atoms with Crippen molar-refractivity contribution in [1.82, 2.24) is 14.1 Å². The summed E-state index contributed by atoms with van der Waals surface area (Å²) >= 11 is 0. The number of nitrogens with zero attached hydrogens (tertiary/aromatic N) is 3. The second kappa shape index (κ2) is 8.83. The summed E-state index contributed by atoms with van der Waals surface area (Å²) in [6.07, 6.45) is 4.78. The van der Waals surface area contributed by atoms with Crippen LogP contribution >= 0.6 is 0 Å². The molecule has 0 saturated heterocycles. The number of carbonyl (C=O) groups is 1. The number of methoxy groups -OCH3 is 1. The van der Waals surface area contributed by atoms with Crippen LogP contribution in [0.15, 0.2) is 66.0 Å². The average Bonchev–Trinajstić information content (AvgIpc) is 3.30. The van der Waals surface area contributed by atoms with Gasteiger partial charge in [-0.15, -0.1) is 0 Å². The van der Waals surface area contributed by atoms with Crippen molar-refractivity contribution in [3.8, 4) is 17.2 Å². The first-order valence-corrected chi connectivity index (χ1v) is 10.9. The lowest BCUT2D eigenvalue weighted by atomic mass is 9.98. The summed E-state index contributed by atoms with van der Waals surface area (Å²) in [6, 6.07) is 8.96. The Hall–Kier alpha value is -4.27. The number of hydrogen-bond acceptors (Lipinski definition) is 5. The van der Waals surface area contributed by atoms with Crippen LogP contribution in [0.4, 0.5) is 8.78 Å². The predicted molar refractivity (Wildman–Crippen MR) is 124 cm³/mol. The number of ketones is 1. The molecular weight excluding hydrogens is 456 g/mol. The van der Waals surface area contributed by atoms with E-state index in [0.29, 0.717) is 29.2 Å². The molecule has 1 aliphatic heterocycles. The Morgan fingerprint density at radius 2 is 1.94 bits per heavy atom. The molecule has 0 saturated carbocycles. The Labute approximate surface area is 199 Å². The number of hydrogen-bond donors (Lipinski definition) is 0. The molecule has 0 spiro atoms. The summed E-state index contributed by atoms with van der Waals surface area (Å²) in [4.78, 5) is 30.9.